The number of carbonyl (C=O) groups excluding carboxylic acids is 1. The number of nitrogens with one attached hydrogen (secondary N) is 1. The van der Waals surface area contributed by atoms with E-state index in [1.165, 1.54) is 0 Å². The number of para-hydroxylation sites is 1. The minimum atomic E-state index is -0.0209. The van der Waals surface area contributed by atoms with Crippen molar-refractivity contribution in [3.8, 4) is 11.4 Å². The Morgan fingerprint density at radius 1 is 1.07 bits per heavy atom. The van der Waals surface area contributed by atoms with Crippen molar-refractivity contribution in [3.63, 3.8) is 0 Å². The van der Waals surface area contributed by atoms with Gasteiger partial charge in [0.05, 0.1) is 7.11 Å². The molecular formula is C23H22N4O2. The molecule has 146 valence electrons. The molecule has 1 amide bonds. The highest BCUT2D eigenvalue weighted by Crippen LogP contribution is 2.20. The summed E-state index contributed by atoms with van der Waals surface area (Å²) in [5, 5.41) is 2.97. The third-order valence-electron chi connectivity index (χ3n) is 4.70. The average molecular weight is 386 g/mol. The lowest BCUT2D eigenvalue weighted by atomic mass is 10.2. The van der Waals surface area contributed by atoms with Crippen LogP contribution in [0.5, 0.6) is 5.75 Å². The first-order valence-corrected chi connectivity index (χ1v) is 9.52. The Morgan fingerprint density at radius 2 is 1.93 bits per heavy atom. The number of amides is 1. The maximum absolute atomic E-state index is 12.4. The second-order valence-corrected chi connectivity index (χ2v) is 6.67. The van der Waals surface area contributed by atoms with Crippen LogP contribution < -0.4 is 10.1 Å². The smallest absolute Gasteiger partial charge is 0.220 e. The van der Waals surface area contributed by atoms with Crippen LogP contribution >= 0.6 is 0 Å². The Hall–Kier alpha value is -3.67. The fourth-order valence-corrected chi connectivity index (χ4v) is 3.27. The number of hydrogen-bond donors (Lipinski definition) is 1. The van der Waals surface area contributed by atoms with E-state index >= 15 is 0 Å². The second-order valence-electron chi connectivity index (χ2n) is 6.67. The van der Waals surface area contributed by atoms with Gasteiger partial charge in [0, 0.05) is 31.3 Å². The summed E-state index contributed by atoms with van der Waals surface area (Å²) in [5.41, 5.74) is 3.60. The molecule has 0 bridgehead atoms. The molecule has 0 atom stereocenters. The van der Waals surface area contributed by atoms with E-state index in [-0.39, 0.29) is 5.91 Å². The van der Waals surface area contributed by atoms with E-state index in [4.69, 9.17) is 9.72 Å². The quantitative estimate of drug-likeness (QED) is 0.526. The van der Waals surface area contributed by atoms with Crippen molar-refractivity contribution in [2.24, 2.45) is 0 Å². The third-order valence-corrected chi connectivity index (χ3v) is 4.70. The van der Waals surface area contributed by atoms with Crippen LogP contribution in [-0.4, -0.2) is 27.6 Å². The lowest BCUT2D eigenvalue weighted by Crippen LogP contribution is -2.23. The topological polar surface area (TPSA) is 69.0 Å². The van der Waals surface area contributed by atoms with Gasteiger partial charge in [-0.2, -0.15) is 0 Å². The summed E-state index contributed by atoms with van der Waals surface area (Å²) in [5.74, 6) is 1.58. The van der Waals surface area contributed by atoms with Crippen LogP contribution in [-0.2, 0) is 17.8 Å². The van der Waals surface area contributed by atoms with E-state index < -0.39 is 0 Å². The summed E-state index contributed by atoms with van der Waals surface area (Å²) in [4.78, 5) is 21.6. The summed E-state index contributed by atoms with van der Waals surface area (Å²) >= 11 is 0. The summed E-state index contributed by atoms with van der Waals surface area (Å²) in [6.07, 6.45) is 2.63. The Bertz CT molecular complexity index is 1120. The summed E-state index contributed by atoms with van der Waals surface area (Å²) in [6, 6.07) is 21.5. The molecule has 0 spiro atoms. The van der Waals surface area contributed by atoms with Gasteiger partial charge in [0.25, 0.3) is 0 Å². The second kappa shape index (κ2) is 8.56. The molecule has 0 saturated heterocycles. The number of hydrogen-bond acceptors (Lipinski definition) is 4. The molecule has 2 aromatic heterocycles. The van der Waals surface area contributed by atoms with Crippen LogP contribution in [0.2, 0.25) is 0 Å². The molecule has 4 rings (SSSR count). The number of pyridine rings is 1. The van der Waals surface area contributed by atoms with E-state index in [2.05, 4.69) is 10.3 Å². The van der Waals surface area contributed by atoms with E-state index in [0.717, 1.165) is 34.0 Å². The maximum atomic E-state index is 12.4. The number of aromatic nitrogens is 3. The number of fused-ring (bicyclic) bond motifs is 1. The lowest BCUT2D eigenvalue weighted by molar-refractivity contribution is -0.121. The molecular weight excluding hydrogens is 364 g/mol. The van der Waals surface area contributed by atoms with Gasteiger partial charge in [-0.1, -0.05) is 30.3 Å². The van der Waals surface area contributed by atoms with Crippen LogP contribution in [0.25, 0.3) is 16.9 Å². The number of ether oxygens (including phenoxy) is 1. The van der Waals surface area contributed by atoms with Crippen LogP contribution in [0.3, 0.4) is 0 Å². The summed E-state index contributed by atoms with van der Waals surface area (Å²) < 4.78 is 7.24. The van der Waals surface area contributed by atoms with Crippen molar-refractivity contribution in [2.45, 2.75) is 19.4 Å². The normalized spacial score (nSPS) is 10.8. The van der Waals surface area contributed by atoms with Crippen molar-refractivity contribution in [3.05, 3.63) is 84.3 Å². The first kappa shape index (κ1) is 18.7. The monoisotopic (exact) mass is 386 g/mol. The Morgan fingerprint density at radius 3 is 2.76 bits per heavy atom. The predicted octanol–water partition coefficient (Wildman–Crippen LogP) is 3.68. The fraction of sp³-hybridized carbons (Fsp3) is 0.174. The minimum Gasteiger partial charge on any atom is -0.497 e. The third kappa shape index (κ3) is 4.27. The van der Waals surface area contributed by atoms with Crippen LogP contribution in [0.4, 0.5) is 0 Å². The average Bonchev–Trinajstić information content (AvgIpc) is 3.15. The molecule has 0 aliphatic heterocycles. The molecule has 2 aromatic carbocycles. The number of imidazole rings is 1. The first-order chi connectivity index (χ1) is 14.2. The zero-order valence-electron chi connectivity index (χ0n) is 16.2. The summed E-state index contributed by atoms with van der Waals surface area (Å²) in [6.45, 7) is 0.465. The lowest BCUT2D eigenvalue weighted by Gasteiger charge is -2.09. The van der Waals surface area contributed by atoms with Gasteiger partial charge in [-0.05, 0) is 42.0 Å². The molecule has 1 N–H and O–H groups in total. The molecule has 2 heterocycles. The highest BCUT2D eigenvalue weighted by molar-refractivity contribution is 5.77. The van der Waals surface area contributed by atoms with E-state index in [1.54, 1.807) is 13.3 Å². The van der Waals surface area contributed by atoms with Crippen molar-refractivity contribution in [2.75, 3.05) is 7.11 Å². The number of benzene rings is 2. The van der Waals surface area contributed by atoms with Gasteiger partial charge in [-0.25, -0.2) is 9.97 Å². The molecule has 0 unspecified atom stereocenters. The molecule has 0 saturated carbocycles. The minimum absolute atomic E-state index is 0.0209. The Kier molecular flexibility index (Phi) is 5.52. The summed E-state index contributed by atoms with van der Waals surface area (Å²) in [7, 11) is 1.63. The van der Waals surface area contributed by atoms with Crippen LogP contribution in [0, 0.1) is 0 Å². The molecule has 0 radical (unpaired) electrons. The van der Waals surface area contributed by atoms with Crippen molar-refractivity contribution < 1.29 is 9.53 Å². The molecule has 0 aliphatic rings. The highest BCUT2D eigenvalue weighted by Gasteiger charge is 2.14. The van der Waals surface area contributed by atoms with E-state index in [0.29, 0.717) is 19.4 Å². The molecule has 6 heteroatoms. The van der Waals surface area contributed by atoms with Gasteiger partial charge in [-0.15, -0.1) is 0 Å². The zero-order chi connectivity index (χ0) is 20.1. The van der Waals surface area contributed by atoms with Gasteiger partial charge in [0.2, 0.25) is 5.91 Å². The van der Waals surface area contributed by atoms with Crippen LogP contribution in [0.1, 0.15) is 17.8 Å². The number of carbonyl (C=O) groups is 1. The van der Waals surface area contributed by atoms with Gasteiger partial charge in [-0.3, -0.25) is 9.36 Å². The fourth-order valence-electron chi connectivity index (χ4n) is 3.27. The maximum Gasteiger partial charge on any atom is 0.220 e. The molecule has 4 aromatic rings. The van der Waals surface area contributed by atoms with Crippen molar-refractivity contribution in [1.29, 1.82) is 0 Å². The van der Waals surface area contributed by atoms with E-state index in [1.807, 2.05) is 71.3 Å². The molecule has 29 heavy (non-hydrogen) atoms. The molecule has 0 fully saturated rings. The first-order valence-electron chi connectivity index (χ1n) is 9.52. The highest BCUT2D eigenvalue weighted by atomic mass is 16.5. The van der Waals surface area contributed by atoms with Crippen molar-refractivity contribution in [1.82, 2.24) is 19.9 Å². The number of nitrogens with zero attached hydrogens (tertiary/aromatic N) is 3. The molecule has 6 nitrogen and oxygen atoms in total. The number of rotatable bonds is 7. The van der Waals surface area contributed by atoms with Gasteiger partial charge in [0.1, 0.15) is 17.1 Å². The van der Waals surface area contributed by atoms with Crippen molar-refractivity contribution >= 4 is 17.1 Å². The predicted molar refractivity (Wildman–Crippen MR) is 112 cm³/mol. The Balaban J connectivity index is 1.47. The Labute approximate surface area is 169 Å². The number of aryl methyl sites for hydroxylation is 1. The standard InChI is InChI=1S/C23H22N4O2/c1-29-19-10-5-7-17(15-19)16-25-22(28)13-12-21-26-20-11-6-14-24-23(20)27(21)18-8-3-2-4-9-18/h2-11,14-15H,12-13,16H2,1H3,(H,25,28). The molecule has 0 aliphatic carbocycles. The van der Waals surface area contributed by atoms with E-state index in [9.17, 15) is 4.79 Å². The zero-order valence-corrected chi connectivity index (χ0v) is 16.2. The number of methoxy groups -OCH3 is 1. The van der Waals surface area contributed by atoms with Gasteiger partial charge >= 0.3 is 0 Å². The van der Waals surface area contributed by atoms with Crippen LogP contribution in [0.15, 0.2) is 72.9 Å². The van der Waals surface area contributed by atoms with Gasteiger partial charge < -0.3 is 10.1 Å². The van der Waals surface area contributed by atoms with Gasteiger partial charge in [0.15, 0.2) is 5.65 Å². The largest absolute Gasteiger partial charge is 0.497 e. The SMILES string of the molecule is COc1cccc(CNC(=O)CCc2nc3cccnc3n2-c2ccccc2)c1.